The third-order valence-electron chi connectivity index (χ3n) is 5.33. The highest BCUT2D eigenvalue weighted by Gasteiger charge is 2.25. The van der Waals surface area contributed by atoms with Gasteiger partial charge in [-0.05, 0) is 43.0 Å². The molecule has 2 heterocycles. The Morgan fingerprint density at radius 3 is 2.63 bits per heavy atom. The fourth-order valence-electron chi connectivity index (χ4n) is 3.89. The molecule has 4 rings (SSSR count). The molecule has 1 fully saturated rings. The lowest BCUT2D eigenvalue weighted by Gasteiger charge is -2.29. The first kappa shape index (κ1) is 17.6. The summed E-state index contributed by atoms with van der Waals surface area (Å²) in [7, 11) is 0. The second-order valence-electron chi connectivity index (χ2n) is 7.24. The van der Waals surface area contributed by atoms with Crippen LogP contribution in [-0.2, 0) is 6.54 Å². The minimum absolute atomic E-state index is 0.0797. The van der Waals surface area contributed by atoms with E-state index in [-0.39, 0.29) is 16.9 Å². The minimum Gasteiger partial charge on any atom is -0.467 e. The first-order valence-corrected chi connectivity index (χ1v) is 9.54. The van der Waals surface area contributed by atoms with E-state index in [2.05, 4.69) is 0 Å². The predicted octanol–water partition coefficient (Wildman–Crippen LogP) is 4.61. The summed E-state index contributed by atoms with van der Waals surface area (Å²) in [5.74, 6) is 0.881. The number of para-hydroxylation sites is 1. The molecule has 2 aromatic heterocycles. The summed E-state index contributed by atoms with van der Waals surface area (Å²) in [6, 6.07) is 10.7. The highest BCUT2D eigenvalue weighted by Crippen LogP contribution is 2.25. The Bertz CT molecular complexity index is 967. The van der Waals surface area contributed by atoms with Crippen molar-refractivity contribution < 1.29 is 13.6 Å². The van der Waals surface area contributed by atoms with E-state index in [1.807, 2.05) is 12.1 Å². The fraction of sp³-hybridized carbons (Fsp3) is 0.364. The standard InChI is InChI=1S/C22H23NO4/c24-21-18-10-4-5-11-20(18)27-15-19(21)22(25)23(14-17-9-6-12-26-17)13-16-7-2-1-3-8-16/h4-6,9-12,15-16H,1-3,7-8,13-14H2. The Labute approximate surface area is 157 Å². The van der Waals surface area contributed by atoms with E-state index in [1.165, 1.54) is 25.5 Å². The van der Waals surface area contributed by atoms with Crippen molar-refractivity contribution in [1.82, 2.24) is 4.90 Å². The number of furan rings is 1. The number of fused-ring (bicyclic) bond motifs is 1. The van der Waals surface area contributed by atoms with Gasteiger partial charge in [0.25, 0.3) is 5.91 Å². The van der Waals surface area contributed by atoms with Gasteiger partial charge in [-0.1, -0.05) is 31.4 Å². The summed E-state index contributed by atoms with van der Waals surface area (Å²) in [6.07, 6.45) is 8.79. The first-order chi connectivity index (χ1) is 13.2. The van der Waals surface area contributed by atoms with Crippen molar-refractivity contribution in [3.05, 3.63) is 70.5 Å². The third kappa shape index (κ3) is 3.82. The molecular weight excluding hydrogens is 342 g/mol. The van der Waals surface area contributed by atoms with Crippen LogP contribution in [0.4, 0.5) is 0 Å². The molecule has 0 aliphatic heterocycles. The van der Waals surface area contributed by atoms with Crippen molar-refractivity contribution in [2.45, 2.75) is 38.6 Å². The van der Waals surface area contributed by atoms with Gasteiger partial charge in [-0.25, -0.2) is 0 Å². The molecule has 27 heavy (non-hydrogen) atoms. The molecular formula is C22H23NO4. The molecule has 0 bridgehead atoms. The van der Waals surface area contributed by atoms with E-state index in [0.29, 0.717) is 35.7 Å². The molecule has 1 aromatic carbocycles. The van der Waals surface area contributed by atoms with Crippen LogP contribution in [0.5, 0.6) is 0 Å². The van der Waals surface area contributed by atoms with Gasteiger partial charge in [0.15, 0.2) is 0 Å². The number of benzene rings is 1. The monoisotopic (exact) mass is 365 g/mol. The lowest BCUT2D eigenvalue weighted by molar-refractivity contribution is 0.0682. The number of amides is 1. The number of hydrogen-bond donors (Lipinski definition) is 0. The molecule has 1 aliphatic carbocycles. The number of carbonyl (C=O) groups is 1. The lowest BCUT2D eigenvalue weighted by Crippen LogP contribution is -2.37. The quantitative estimate of drug-likeness (QED) is 0.662. The minimum atomic E-state index is -0.295. The van der Waals surface area contributed by atoms with Crippen molar-refractivity contribution in [1.29, 1.82) is 0 Å². The molecule has 0 saturated heterocycles. The molecule has 0 N–H and O–H groups in total. The van der Waals surface area contributed by atoms with Gasteiger partial charge in [0.2, 0.25) is 5.43 Å². The van der Waals surface area contributed by atoms with Crippen LogP contribution in [0.25, 0.3) is 11.0 Å². The largest absolute Gasteiger partial charge is 0.467 e. The molecule has 0 atom stereocenters. The van der Waals surface area contributed by atoms with Gasteiger partial charge < -0.3 is 13.7 Å². The zero-order valence-electron chi connectivity index (χ0n) is 15.2. The van der Waals surface area contributed by atoms with Crippen molar-refractivity contribution >= 4 is 16.9 Å². The molecule has 0 unspecified atom stereocenters. The topological polar surface area (TPSA) is 63.7 Å². The third-order valence-corrected chi connectivity index (χ3v) is 5.33. The number of carbonyl (C=O) groups excluding carboxylic acids is 1. The van der Waals surface area contributed by atoms with Crippen LogP contribution in [-0.4, -0.2) is 17.4 Å². The molecule has 5 heteroatoms. The average Bonchev–Trinajstić information content (AvgIpc) is 3.21. The Kier molecular flexibility index (Phi) is 5.10. The molecule has 3 aromatic rings. The van der Waals surface area contributed by atoms with Gasteiger partial charge in [-0.3, -0.25) is 9.59 Å². The smallest absolute Gasteiger partial charge is 0.261 e. The van der Waals surface area contributed by atoms with Crippen LogP contribution >= 0.6 is 0 Å². The second kappa shape index (κ2) is 7.82. The second-order valence-corrected chi connectivity index (χ2v) is 7.24. The summed E-state index contributed by atoms with van der Waals surface area (Å²) in [5.41, 5.74) is 0.287. The summed E-state index contributed by atoms with van der Waals surface area (Å²) in [4.78, 5) is 27.8. The van der Waals surface area contributed by atoms with E-state index in [1.54, 1.807) is 35.4 Å². The summed E-state index contributed by atoms with van der Waals surface area (Å²) >= 11 is 0. The van der Waals surface area contributed by atoms with Gasteiger partial charge in [-0.2, -0.15) is 0 Å². The van der Waals surface area contributed by atoms with E-state index in [0.717, 1.165) is 12.8 Å². The SMILES string of the molecule is O=C(c1coc2ccccc2c1=O)N(Cc1ccco1)CC1CCCCC1. The molecule has 0 radical (unpaired) electrons. The zero-order chi connectivity index (χ0) is 18.6. The van der Waals surface area contributed by atoms with Crippen molar-refractivity contribution in [3.63, 3.8) is 0 Å². The maximum atomic E-state index is 13.2. The van der Waals surface area contributed by atoms with Gasteiger partial charge in [-0.15, -0.1) is 0 Å². The molecule has 140 valence electrons. The Balaban J connectivity index is 1.64. The lowest BCUT2D eigenvalue weighted by atomic mass is 9.89. The maximum Gasteiger partial charge on any atom is 0.261 e. The van der Waals surface area contributed by atoms with Crippen LogP contribution in [0.3, 0.4) is 0 Å². The number of rotatable bonds is 5. The van der Waals surface area contributed by atoms with Crippen LogP contribution < -0.4 is 5.43 Å². The summed E-state index contributed by atoms with van der Waals surface area (Å²) in [6.45, 7) is 0.987. The molecule has 1 aliphatic rings. The van der Waals surface area contributed by atoms with Crippen LogP contribution in [0.15, 0.2) is 62.6 Å². The van der Waals surface area contributed by atoms with E-state index in [4.69, 9.17) is 8.83 Å². The van der Waals surface area contributed by atoms with E-state index < -0.39 is 0 Å². The number of nitrogens with zero attached hydrogens (tertiary/aromatic N) is 1. The first-order valence-electron chi connectivity index (χ1n) is 9.54. The molecule has 1 amide bonds. The zero-order valence-corrected chi connectivity index (χ0v) is 15.2. The maximum absolute atomic E-state index is 13.2. The number of hydrogen-bond acceptors (Lipinski definition) is 4. The normalized spacial score (nSPS) is 15.1. The predicted molar refractivity (Wildman–Crippen MR) is 103 cm³/mol. The Hall–Kier alpha value is -2.82. The highest BCUT2D eigenvalue weighted by molar-refractivity contribution is 5.96. The average molecular weight is 365 g/mol. The van der Waals surface area contributed by atoms with Gasteiger partial charge >= 0.3 is 0 Å². The van der Waals surface area contributed by atoms with E-state index in [9.17, 15) is 9.59 Å². The summed E-state index contributed by atoms with van der Waals surface area (Å²) in [5, 5.41) is 0.430. The van der Waals surface area contributed by atoms with Crippen LogP contribution in [0, 0.1) is 5.92 Å². The summed E-state index contributed by atoms with van der Waals surface area (Å²) < 4.78 is 11.0. The Morgan fingerprint density at radius 2 is 1.85 bits per heavy atom. The molecule has 0 spiro atoms. The fourth-order valence-corrected chi connectivity index (χ4v) is 3.89. The van der Waals surface area contributed by atoms with Crippen molar-refractivity contribution in [3.8, 4) is 0 Å². The highest BCUT2D eigenvalue weighted by atomic mass is 16.3. The van der Waals surface area contributed by atoms with Gasteiger partial charge in [0, 0.05) is 6.54 Å². The van der Waals surface area contributed by atoms with Crippen molar-refractivity contribution in [2.24, 2.45) is 5.92 Å². The Morgan fingerprint density at radius 1 is 1.04 bits per heavy atom. The van der Waals surface area contributed by atoms with E-state index >= 15 is 0 Å². The van der Waals surface area contributed by atoms with Crippen LogP contribution in [0.2, 0.25) is 0 Å². The van der Waals surface area contributed by atoms with Crippen molar-refractivity contribution in [2.75, 3.05) is 6.54 Å². The van der Waals surface area contributed by atoms with Gasteiger partial charge in [0.05, 0.1) is 18.2 Å². The molecule has 1 saturated carbocycles. The van der Waals surface area contributed by atoms with Gasteiger partial charge in [0.1, 0.15) is 23.2 Å². The van der Waals surface area contributed by atoms with Crippen LogP contribution in [0.1, 0.15) is 48.2 Å². The molecule has 5 nitrogen and oxygen atoms in total.